The molecule has 110 valence electrons. The SMILES string of the molecule is CCNC1(C(N)=O)CCCC(OCC2CCOC2)C1. The molecule has 3 unspecified atom stereocenters. The van der Waals surface area contributed by atoms with E-state index in [1.807, 2.05) is 6.92 Å². The van der Waals surface area contributed by atoms with E-state index < -0.39 is 5.54 Å². The van der Waals surface area contributed by atoms with Crippen LogP contribution < -0.4 is 11.1 Å². The first-order chi connectivity index (χ1) is 9.16. The summed E-state index contributed by atoms with van der Waals surface area (Å²) in [6.45, 7) is 5.16. The van der Waals surface area contributed by atoms with Gasteiger partial charge in [-0.1, -0.05) is 6.92 Å². The molecule has 1 saturated carbocycles. The smallest absolute Gasteiger partial charge is 0.237 e. The van der Waals surface area contributed by atoms with Crippen molar-refractivity contribution in [3.8, 4) is 0 Å². The Labute approximate surface area is 115 Å². The number of carbonyl (C=O) groups excluding carboxylic acids is 1. The van der Waals surface area contributed by atoms with Crippen molar-refractivity contribution in [3.05, 3.63) is 0 Å². The lowest BCUT2D eigenvalue weighted by atomic mass is 9.79. The Morgan fingerprint density at radius 3 is 3.00 bits per heavy atom. The van der Waals surface area contributed by atoms with Gasteiger partial charge in [0.25, 0.3) is 0 Å². The average Bonchev–Trinajstić information content (AvgIpc) is 2.90. The molecule has 1 aliphatic carbocycles. The summed E-state index contributed by atoms with van der Waals surface area (Å²) in [7, 11) is 0. The van der Waals surface area contributed by atoms with Gasteiger partial charge in [-0.05, 0) is 32.2 Å². The number of rotatable bonds is 6. The number of nitrogens with one attached hydrogen (secondary N) is 1. The molecule has 0 aromatic carbocycles. The third-order valence-corrected chi connectivity index (χ3v) is 4.28. The maximum atomic E-state index is 11.8. The zero-order valence-electron chi connectivity index (χ0n) is 11.8. The number of carbonyl (C=O) groups is 1. The Morgan fingerprint density at radius 1 is 1.53 bits per heavy atom. The minimum Gasteiger partial charge on any atom is -0.381 e. The van der Waals surface area contributed by atoms with Gasteiger partial charge < -0.3 is 20.5 Å². The van der Waals surface area contributed by atoms with Gasteiger partial charge in [0.15, 0.2) is 0 Å². The summed E-state index contributed by atoms with van der Waals surface area (Å²) >= 11 is 0. The van der Waals surface area contributed by atoms with Gasteiger partial charge >= 0.3 is 0 Å². The number of ether oxygens (including phenoxy) is 2. The maximum Gasteiger partial charge on any atom is 0.237 e. The third-order valence-electron chi connectivity index (χ3n) is 4.28. The lowest BCUT2D eigenvalue weighted by molar-refractivity contribution is -0.128. The average molecular weight is 270 g/mol. The molecule has 2 rings (SSSR count). The van der Waals surface area contributed by atoms with Gasteiger partial charge in [0, 0.05) is 18.9 Å². The number of primary amides is 1. The van der Waals surface area contributed by atoms with Crippen molar-refractivity contribution < 1.29 is 14.3 Å². The van der Waals surface area contributed by atoms with Gasteiger partial charge in [-0.2, -0.15) is 0 Å². The Bertz CT molecular complexity index is 301. The molecule has 1 amide bonds. The van der Waals surface area contributed by atoms with Gasteiger partial charge in [-0.15, -0.1) is 0 Å². The van der Waals surface area contributed by atoms with Crippen molar-refractivity contribution in [2.24, 2.45) is 11.7 Å². The van der Waals surface area contributed by atoms with E-state index in [9.17, 15) is 4.79 Å². The first-order valence-electron chi connectivity index (χ1n) is 7.40. The molecule has 3 atom stereocenters. The predicted molar refractivity (Wildman–Crippen MR) is 72.7 cm³/mol. The fourth-order valence-corrected chi connectivity index (χ4v) is 3.16. The van der Waals surface area contributed by atoms with E-state index in [4.69, 9.17) is 15.2 Å². The second-order valence-corrected chi connectivity index (χ2v) is 5.76. The first kappa shape index (κ1) is 14.8. The topological polar surface area (TPSA) is 73.6 Å². The van der Waals surface area contributed by atoms with E-state index in [1.54, 1.807) is 0 Å². The highest BCUT2D eigenvalue weighted by molar-refractivity contribution is 5.84. The second kappa shape index (κ2) is 6.68. The van der Waals surface area contributed by atoms with Crippen molar-refractivity contribution in [1.82, 2.24) is 5.32 Å². The Kier molecular flexibility index (Phi) is 5.19. The molecule has 1 saturated heterocycles. The highest BCUT2D eigenvalue weighted by Gasteiger charge is 2.41. The molecule has 1 aliphatic heterocycles. The summed E-state index contributed by atoms with van der Waals surface area (Å²) < 4.78 is 11.3. The van der Waals surface area contributed by atoms with Crippen LogP contribution in [0.25, 0.3) is 0 Å². The molecule has 3 N–H and O–H groups in total. The molecular formula is C14H26N2O3. The van der Waals surface area contributed by atoms with Crippen LogP contribution >= 0.6 is 0 Å². The monoisotopic (exact) mass is 270 g/mol. The minimum absolute atomic E-state index is 0.140. The van der Waals surface area contributed by atoms with E-state index in [-0.39, 0.29) is 12.0 Å². The number of nitrogens with two attached hydrogens (primary N) is 1. The summed E-state index contributed by atoms with van der Waals surface area (Å²) in [6.07, 6.45) is 4.75. The van der Waals surface area contributed by atoms with E-state index in [0.29, 0.717) is 12.3 Å². The summed E-state index contributed by atoms with van der Waals surface area (Å²) in [5, 5.41) is 3.28. The summed E-state index contributed by atoms with van der Waals surface area (Å²) in [6, 6.07) is 0. The molecule has 5 nitrogen and oxygen atoms in total. The molecular weight excluding hydrogens is 244 g/mol. The van der Waals surface area contributed by atoms with Crippen molar-refractivity contribution >= 4 is 5.91 Å². The van der Waals surface area contributed by atoms with Crippen LogP contribution in [0, 0.1) is 5.92 Å². The molecule has 0 radical (unpaired) electrons. The van der Waals surface area contributed by atoms with Crippen molar-refractivity contribution in [3.63, 3.8) is 0 Å². The van der Waals surface area contributed by atoms with Crippen molar-refractivity contribution in [2.45, 2.75) is 50.7 Å². The van der Waals surface area contributed by atoms with Crippen LogP contribution in [-0.4, -0.2) is 43.9 Å². The molecule has 2 fully saturated rings. The van der Waals surface area contributed by atoms with Crippen LogP contribution in [-0.2, 0) is 14.3 Å². The largest absolute Gasteiger partial charge is 0.381 e. The van der Waals surface area contributed by atoms with Gasteiger partial charge in [0.2, 0.25) is 5.91 Å². The van der Waals surface area contributed by atoms with E-state index in [2.05, 4.69) is 5.32 Å². The molecule has 1 heterocycles. The summed E-state index contributed by atoms with van der Waals surface area (Å²) in [5.41, 5.74) is 5.03. The Hall–Kier alpha value is -0.650. The summed E-state index contributed by atoms with van der Waals surface area (Å²) in [4.78, 5) is 11.8. The molecule has 5 heteroatoms. The number of amides is 1. The zero-order chi connectivity index (χ0) is 13.7. The first-order valence-corrected chi connectivity index (χ1v) is 7.40. The van der Waals surface area contributed by atoms with Gasteiger partial charge in [0.1, 0.15) is 5.54 Å². The standard InChI is InChI=1S/C14H26N2O3/c1-2-16-14(13(15)17)6-3-4-12(8-14)19-10-11-5-7-18-9-11/h11-12,16H,2-10H2,1H3,(H2,15,17). The molecule has 19 heavy (non-hydrogen) atoms. The van der Waals surface area contributed by atoms with Crippen LogP contribution in [0.4, 0.5) is 0 Å². The number of hydrogen-bond acceptors (Lipinski definition) is 4. The van der Waals surface area contributed by atoms with Gasteiger partial charge in [-0.25, -0.2) is 0 Å². The summed E-state index contributed by atoms with van der Waals surface area (Å²) in [5.74, 6) is 0.274. The molecule has 0 aromatic rings. The normalized spacial score (nSPS) is 35.4. The van der Waals surface area contributed by atoms with Crippen LogP contribution in [0.1, 0.15) is 39.0 Å². The van der Waals surface area contributed by atoms with Gasteiger partial charge in [-0.3, -0.25) is 4.79 Å². The number of hydrogen-bond donors (Lipinski definition) is 2. The fraction of sp³-hybridized carbons (Fsp3) is 0.929. The third kappa shape index (κ3) is 3.68. The fourth-order valence-electron chi connectivity index (χ4n) is 3.16. The van der Waals surface area contributed by atoms with Crippen LogP contribution in [0.15, 0.2) is 0 Å². The van der Waals surface area contributed by atoms with E-state index >= 15 is 0 Å². The van der Waals surface area contributed by atoms with Crippen LogP contribution in [0.5, 0.6) is 0 Å². The van der Waals surface area contributed by atoms with E-state index in [0.717, 1.165) is 52.0 Å². The van der Waals surface area contributed by atoms with E-state index in [1.165, 1.54) is 0 Å². The predicted octanol–water partition coefficient (Wildman–Crippen LogP) is 0.816. The number of likely N-dealkylation sites (N-methyl/N-ethyl adjacent to an activating group) is 1. The van der Waals surface area contributed by atoms with Gasteiger partial charge in [0.05, 0.1) is 19.3 Å². The van der Waals surface area contributed by atoms with Crippen molar-refractivity contribution in [1.29, 1.82) is 0 Å². The zero-order valence-corrected chi connectivity index (χ0v) is 11.8. The molecule has 2 aliphatic rings. The lowest BCUT2D eigenvalue weighted by Crippen LogP contribution is -2.59. The molecule has 0 aromatic heterocycles. The van der Waals surface area contributed by atoms with Crippen LogP contribution in [0.3, 0.4) is 0 Å². The van der Waals surface area contributed by atoms with Crippen LogP contribution in [0.2, 0.25) is 0 Å². The maximum absolute atomic E-state index is 11.8. The second-order valence-electron chi connectivity index (χ2n) is 5.76. The van der Waals surface area contributed by atoms with Crippen molar-refractivity contribution in [2.75, 3.05) is 26.4 Å². The lowest BCUT2D eigenvalue weighted by Gasteiger charge is -2.39. The molecule has 0 spiro atoms. The minimum atomic E-state index is -0.566. The highest BCUT2D eigenvalue weighted by Crippen LogP contribution is 2.30. The Balaban J connectivity index is 1.85. The molecule has 0 bridgehead atoms. The Morgan fingerprint density at radius 2 is 2.37 bits per heavy atom. The highest BCUT2D eigenvalue weighted by atomic mass is 16.5. The quantitative estimate of drug-likeness (QED) is 0.749.